The van der Waals surface area contributed by atoms with Crippen molar-refractivity contribution >= 4 is 28.2 Å². The fraction of sp³-hybridized carbons (Fsp3) is 0.667. The molecule has 1 aromatic rings. The van der Waals surface area contributed by atoms with Crippen LogP contribution in [0.2, 0.25) is 0 Å². The first kappa shape index (κ1) is 13.1. The van der Waals surface area contributed by atoms with E-state index < -0.39 is 0 Å². The van der Waals surface area contributed by atoms with Crippen molar-refractivity contribution in [1.82, 2.24) is 10.3 Å². The Morgan fingerprint density at radius 2 is 2.28 bits per heavy atom. The molecule has 1 fully saturated rings. The van der Waals surface area contributed by atoms with Gasteiger partial charge < -0.3 is 16.0 Å². The number of carbonyl (C=O) groups excluding carboxylic acids is 1. The highest BCUT2D eigenvalue weighted by Crippen LogP contribution is 2.36. The normalized spacial score (nSPS) is 16.4. The number of nitrogens with zero attached hydrogens (tertiary/aromatic N) is 2. The van der Waals surface area contributed by atoms with Crippen molar-refractivity contribution in [3.05, 3.63) is 4.88 Å². The molecule has 100 valence electrons. The summed E-state index contributed by atoms with van der Waals surface area (Å²) in [5.41, 5.74) is 5.77. The standard InChI is InChI=1S/C12H20N4OS/c1-7(8-4-5-8)6-14-11(17)9-10(13)15-12(18-9)16(2)3/h7-8H,4-6,13H2,1-3H3,(H,14,17). The van der Waals surface area contributed by atoms with E-state index in [0.29, 0.717) is 16.6 Å². The molecule has 6 heteroatoms. The summed E-state index contributed by atoms with van der Waals surface area (Å²) in [5.74, 6) is 1.56. The molecule has 0 spiro atoms. The van der Waals surface area contributed by atoms with Crippen LogP contribution in [0.1, 0.15) is 29.4 Å². The van der Waals surface area contributed by atoms with Gasteiger partial charge in [-0.3, -0.25) is 4.79 Å². The molecule has 18 heavy (non-hydrogen) atoms. The number of amides is 1. The Hall–Kier alpha value is -1.30. The fourth-order valence-corrected chi connectivity index (χ4v) is 2.66. The Labute approximate surface area is 111 Å². The van der Waals surface area contributed by atoms with Gasteiger partial charge in [-0.1, -0.05) is 18.3 Å². The highest BCUT2D eigenvalue weighted by atomic mass is 32.1. The molecule has 3 N–H and O–H groups in total. The van der Waals surface area contributed by atoms with Crippen LogP contribution < -0.4 is 16.0 Å². The van der Waals surface area contributed by atoms with E-state index in [1.807, 2.05) is 19.0 Å². The predicted molar refractivity (Wildman–Crippen MR) is 75.1 cm³/mol. The van der Waals surface area contributed by atoms with Crippen molar-refractivity contribution in [3.8, 4) is 0 Å². The average Bonchev–Trinajstić information content (AvgIpc) is 3.08. The number of anilines is 2. The minimum atomic E-state index is -0.106. The summed E-state index contributed by atoms with van der Waals surface area (Å²) in [7, 11) is 3.77. The molecule has 1 heterocycles. The van der Waals surface area contributed by atoms with Crippen molar-refractivity contribution in [2.45, 2.75) is 19.8 Å². The van der Waals surface area contributed by atoms with E-state index in [-0.39, 0.29) is 5.91 Å². The second kappa shape index (κ2) is 5.14. The third-order valence-electron chi connectivity index (χ3n) is 3.24. The lowest BCUT2D eigenvalue weighted by molar-refractivity contribution is 0.0951. The Bertz CT molecular complexity index is 439. The number of hydrogen-bond acceptors (Lipinski definition) is 5. The van der Waals surface area contributed by atoms with E-state index in [4.69, 9.17) is 5.73 Å². The number of nitrogens with one attached hydrogen (secondary N) is 1. The van der Waals surface area contributed by atoms with Crippen molar-refractivity contribution in [1.29, 1.82) is 0 Å². The molecule has 0 aromatic carbocycles. The lowest BCUT2D eigenvalue weighted by Gasteiger charge is -2.10. The molecule has 1 aliphatic carbocycles. The van der Waals surface area contributed by atoms with Gasteiger partial charge in [0.2, 0.25) is 0 Å². The Kier molecular flexibility index (Phi) is 3.75. The van der Waals surface area contributed by atoms with Gasteiger partial charge in [-0.2, -0.15) is 0 Å². The Morgan fingerprint density at radius 3 is 2.78 bits per heavy atom. The first-order valence-electron chi connectivity index (χ1n) is 6.21. The molecule has 2 rings (SSSR count). The number of rotatable bonds is 5. The molecule has 5 nitrogen and oxygen atoms in total. The molecule has 1 saturated carbocycles. The zero-order chi connectivity index (χ0) is 13.3. The number of carbonyl (C=O) groups is 1. The topological polar surface area (TPSA) is 71.2 Å². The van der Waals surface area contributed by atoms with Gasteiger partial charge in [-0.25, -0.2) is 4.98 Å². The van der Waals surface area contributed by atoms with E-state index in [0.717, 1.165) is 17.6 Å². The quantitative estimate of drug-likeness (QED) is 0.850. The molecule has 1 unspecified atom stereocenters. The number of hydrogen-bond donors (Lipinski definition) is 2. The molecular formula is C12H20N4OS. The summed E-state index contributed by atoms with van der Waals surface area (Å²) in [6.07, 6.45) is 2.59. The summed E-state index contributed by atoms with van der Waals surface area (Å²) in [4.78, 5) is 18.5. The highest BCUT2D eigenvalue weighted by Gasteiger charge is 2.28. The van der Waals surface area contributed by atoms with Crippen molar-refractivity contribution in [3.63, 3.8) is 0 Å². The van der Waals surface area contributed by atoms with Gasteiger partial charge >= 0.3 is 0 Å². The van der Waals surface area contributed by atoms with Gasteiger partial charge in [-0.05, 0) is 24.7 Å². The highest BCUT2D eigenvalue weighted by molar-refractivity contribution is 7.18. The fourth-order valence-electron chi connectivity index (χ4n) is 1.84. The number of nitrogens with two attached hydrogens (primary N) is 1. The summed E-state index contributed by atoms with van der Waals surface area (Å²) in [5, 5.41) is 3.70. The lowest BCUT2D eigenvalue weighted by Crippen LogP contribution is -2.28. The molecule has 0 aliphatic heterocycles. The average molecular weight is 268 g/mol. The Balaban J connectivity index is 1.95. The van der Waals surface area contributed by atoms with Crippen LogP contribution in [0.5, 0.6) is 0 Å². The summed E-state index contributed by atoms with van der Waals surface area (Å²) in [6, 6.07) is 0. The number of nitrogen functional groups attached to an aromatic ring is 1. The second-order valence-electron chi connectivity index (χ2n) is 5.13. The van der Waals surface area contributed by atoms with Crippen molar-refractivity contribution in [2.24, 2.45) is 11.8 Å². The molecule has 1 amide bonds. The first-order valence-corrected chi connectivity index (χ1v) is 7.02. The molecule has 0 bridgehead atoms. The van der Waals surface area contributed by atoms with Crippen molar-refractivity contribution in [2.75, 3.05) is 31.3 Å². The van der Waals surface area contributed by atoms with Crippen LogP contribution >= 0.6 is 11.3 Å². The zero-order valence-corrected chi connectivity index (χ0v) is 11.9. The molecule has 1 aliphatic rings. The van der Waals surface area contributed by atoms with Crippen LogP contribution in [0.15, 0.2) is 0 Å². The Morgan fingerprint density at radius 1 is 1.61 bits per heavy atom. The smallest absolute Gasteiger partial charge is 0.265 e. The van der Waals surface area contributed by atoms with E-state index in [9.17, 15) is 4.79 Å². The summed E-state index contributed by atoms with van der Waals surface area (Å²) >= 11 is 1.33. The van der Waals surface area contributed by atoms with Gasteiger partial charge in [0.05, 0.1) is 0 Å². The monoisotopic (exact) mass is 268 g/mol. The van der Waals surface area contributed by atoms with E-state index in [1.165, 1.54) is 24.2 Å². The maximum absolute atomic E-state index is 12.0. The zero-order valence-electron chi connectivity index (χ0n) is 11.1. The van der Waals surface area contributed by atoms with E-state index in [1.54, 1.807) is 0 Å². The largest absolute Gasteiger partial charge is 0.382 e. The van der Waals surface area contributed by atoms with Gasteiger partial charge in [0.1, 0.15) is 10.7 Å². The molecular weight excluding hydrogens is 248 g/mol. The van der Waals surface area contributed by atoms with Crippen LogP contribution in [-0.4, -0.2) is 31.5 Å². The third-order valence-corrected chi connectivity index (χ3v) is 4.48. The van der Waals surface area contributed by atoms with Crippen LogP contribution in [0.25, 0.3) is 0 Å². The second-order valence-corrected chi connectivity index (χ2v) is 6.11. The molecule has 0 saturated heterocycles. The first-order chi connectivity index (χ1) is 8.49. The lowest BCUT2D eigenvalue weighted by atomic mass is 10.1. The number of thiazole rings is 1. The molecule has 1 aromatic heterocycles. The third kappa shape index (κ3) is 2.93. The van der Waals surface area contributed by atoms with Crippen LogP contribution in [0, 0.1) is 11.8 Å². The van der Waals surface area contributed by atoms with E-state index in [2.05, 4.69) is 17.2 Å². The van der Waals surface area contributed by atoms with Crippen LogP contribution in [-0.2, 0) is 0 Å². The maximum Gasteiger partial charge on any atom is 0.265 e. The molecule has 0 radical (unpaired) electrons. The molecule has 1 atom stereocenters. The summed E-state index contributed by atoms with van der Waals surface area (Å²) in [6.45, 7) is 2.90. The van der Waals surface area contributed by atoms with Gasteiger partial charge in [-0.15, -0.1) is 0 Å². The number of aromatic nitrogens is 1. The SMILES string of the molecule is CC(CNC(=O)c1sc(N(C)C)nc1N)C1CC1. The van der Waals surface area contributed by atoms with Gasteiger partial charge in [0.15, 0.2) is 5.13 Å². The maximum atomic E-state index is 12.0. The van der Waals surface area contributed by atoms with E-state index >= 15 is 0 Å². The van der Waals surface area contributed by atoms with Crippen molar-refractivity contribution < 1.29 is 4.79 Å². The minimum absolute atomic E-state index is 0.106. The summed E-state index contributed by atoms with van der Waals surface area (Å²) < 4.78 is 0. The van der Waals surface area contributed by atoms with Gasteiger partial charge in [0.25, 0.3) is 5.91 Å². The van der Waals surface area contributed by atoms with Gasteiger partial charge in [0, 0.05) is 20.6 Å². The van der Waals surface area contributed by atoms with Crippen LogP contribution in [0.4, 0.5) is 10.9 Å². The predicted octanol–water partition coefficient (Wildman–Crippen LogP) is 1.57. The minimum Gasteiger partial charge on any atom is -0.382 e. The van der Waals surface area contributed by atoms with Crippen LogP contribution in [0.3, 0.4) is 0 Å².